The highest BCUT2D eigenvalue weighted by Crippen LogP contribution is 2.17. The van der Waals surface area contributed by atoms with Gasteiger partial charge in [-0.15, -0.1) is 0 Å². The van der Waals surface area contributed by atoms with Crippen LogP contribution in [0.2, 0.25) is 0 Å². The Morgan fingerprint density at radius 3 is 2.90 bits per heavy atom. The molecule has 1 aromatic rings. The van der Waals surface area contributed by atoms with Gasteiger partial charge in [0.25, 0.3) is 5.91 Å². The zero-order valence-electron chi connectivity index (χ0n) is 11.6. The van der Waals surface area contributed by atoms with Crippen molar-refractivity contribution < 1.29 is 19.5 Å². The molecular formula is C14H18N2O4S. The van der Waals surface area contributed by atoms with Crippen LogP contribution >= 0.6 is 11.3 Å². The van der Waals surface area contributed by atoms with Gasteiger partial charge < -0.3 is 15.3 Å². The summed E-state index contributed by atoms with van der Waals surface area (Å²) in [6.07, 6.45) is 1.53. The summed E-state index contributed by atoms with van der Waals surface area (Å²) in [5.74, 6) is -1.61. The van der Waals surface area contributed by atoms with Gasteiger partial charge in [0.05, 0.1) is 5.92 Å². The number of carboxylic acid groups (broad SMARTS) is 1. The second kappa shape index (κ2) is 7.21. The average molecular weight is 310 g/mol. The van der Waals surface area contributed by atoms with Crippen LogP contribution in [-0.2, 0) is 9.59 Å². The first-order chi connectivity index (χ1) is 10.1. The van der Waals surface area contributed by atoms with Crippen molar-refractivity contribution in [3.63, 3.8) is 0 Å². The topological polar surface area (TPSA) is 86.7 Å². The van der Waals surface area contributed by atoms with E-state index >= 15 is 0 Å². The van der Waals surface area contributed by atoms with E-state index in [1.54, 1.807) is 16.3 Å². The van der Waals surface area contributed by atoms with Crippen LogP contribution in [0.5, 0.6) is 0 Å². The fourth-order valence-electron chi connectivity index (χ4n) is 2.34. The summed E-state index contributed by atoms with van der Waals surface area (Å²) in [4.78, 5) is 36.3. The Balaban J connectivity index is 1.74. The highest BCUT2D eigenvalue weighted by molar-refractivity contribution is 7.08. The number of amides is 2. The predicted molar refractivity (Wildman–Crippen MR) is 78.2 cm³/mol. The molecule has 2 N–H and O–H groups in total. The fraction of sp³-hybridized carbons (Fsp3) is 0.500. The number of nitrogens with zero attached hydrogens (tertiary/aromatic N) is 1. The molecule has 1 aromatic heterocycles. The van der Waals surface area contributed by atoms with Crippen molar-refractivity contribution >= 4 is 29.1 Å². The third-order valence-electron chi connectivity index (χ3n) is 3.53. The van der Waals surface area contributed by atoms with Crippen LogP contribution in [0.4, 0.5) is 0 Å². The van der Waals surface area contributed by atoms with Gasteiger partial charge in [-0.05, 0) is 24.3 Å². The lowest BCUT2D eigenvalue weighted by Gasteiger charge is -2.30. The second-order valence-electron chi connectivity index (χ2n) is 5.04. The number of carbonyl (C=O) groups excluding carboxylic acids is 2. The fourth-order valence-corrected chi connectivity index (χ4v) is 2.98. The van der Waals surface area contributed by atoms with Crippen LogP contribution in [0.25, 0.3) is 0 Å². The van der Waals surface area contributed by atoms with Crippen molar-refractivity contribution in [2.24, 2.45) is 5.92 Å². The van der Waals surface area contributed by atoms with E-state index in [-0.39, 0.29) is 31.3 Å². The van der Waals surface area contributed by atoms with Crippen LogP contribution in [0.15, 0.2) is 16.8 Å². The van der Waals surface area contributed by atoms with E-state index in [0.717, 1.165) is 0 Å². The first kappa shape index (κ1) is 15.5. The van der Waals surface area contributed by atoms with E-state index in [9.17, 15) is 14.4 Å². The Kier molecular flexibility index (Phi) is 5.32. The minimum absolute atomic E-state index is 0.105. The molecule has 114 valence electrons. The first-order valence-electron chi connectivity index (χ1n) is 6.89. The predicted octanol–water partition coefficient (Wildman–Crippen LogP) is 1.19. The Hall–Kier alpha value is -1.89. The number of nitrogens with one attached hydrogen (secondary N) is 1. The smallest absolute Gasteiger partial charge is 0.308 e. The summed E-state index contributed by atoms with van der Waals surface area (Å²) in [7, 11) is 0. The second-order valence-corrected chi connectivity index (χ2v) is 5.82. The molecule has 1 aliphatic heterocycles. The number of rotatable bonds is 5. The third kappa shape index (κ3) is 4.29. The van der Waals surface area contributed by atoms with E-state index in [2.05, 4.69) is 5.32 Å². The van der Waals surface area contributed by atoms with Crippen LogP contribution < -0.4 is 5.32 Å². The highest BCUT2D eigenvalue weighted by Gasteiger charge is 2.27. The number of likely N-dealkylation sites (tertiary alicyclic amines) is 1. The van der Waals surface area contributed by atoms with Gasteiger partial charge in [0.15, 0.2) is 0 Å². The average Bonchev–Trinajstić information content (AvgIpc) is 3.01. The Morgan fingerprint density at radius 2 is 2.24 bits per heavy atom. The minimum atomic E-state index is -0.849. The molecular weight excluding hydrogens is 292 g/mol. The summed E-state index contributed by atoms with van der Waals surface area (Å²) in [5, 5.41) is 15.3. The van der Waals surface area contributed by atoms with Gasteiger partial charge >= 0.3 is 5.97 Å². The third-order valence-corrected chi connectivity index (χ3v) is 4.21. The molecule has 2 heterocycles. The molecule has 0 saturated carbocycles. The molecule has 2 amide bonds. The molecule has 1 aliphatic rings. The molecule has 0 aromatic carbocycles. The summed E-state index contributed by atoms with van der Waals surface area (Å²) in [5.41, 5.74) is 0.594. The molecule has 2 rings (SSSR count). The molecule has 0 spiro atoms. The zero-order valence-corrected chi connectivity index (χ0v) is 12.4. The maximum atomic E-state index is 12.0. The van der Waals surface area contributed by atoms with E-state index in [1.165, 1.54) is 11.3 Å². The molecule has 0 radical (unpaired) electrons. The highest BCUT2D eigenvalue weighted by atomic mass is 32.1. The summed E-state index contributed by atoms with van der Waals surface area (Å²) in [6.45, 7) is 1.13. The van der Waals surface area contributed by atoms with Crippen molar-refractivity contribution in [3.05, 3.63) is 22.4 Å². The summed E-state index contributed by atoms with van der Waals surface area (Å²) >= 11 is 1.44. The maximum Gasteiger partial charge on any atom is 0.308 e. The molecule has 6 nitrogen and oxygen atoms in total. The van der Waals surface area contributed by atoms with Gasteiger partial charge in [0, 0.05) is 37.0 Å². The number of carbonyl (C=O) groups is 3. The SMILES string of the molecule is O=C(NCCC(=O)N1CCC[C@H](C(=O)O)C1)c1ccsc1. The lowest BCUT2D eigenvalue weighted by Crippen LogP contribution is -2.43. The van der Waals surface area contributed by atoms with Crippen LogP contribution in [0.1, 0.15) is 29.6 Å². The quantitative estimate of drug-likeness (QED) is 0.855. The van der Waals surface area contributed by atoms with Gasteiger partial charge in [-0.25, -0.2) is 0 Å². The van der Waals surface area contributed by atoms with Gasteiger partial charge in [-0.1, -0.05) is 0 Å². The summed E-state index contributed by atoms with van der Waals surface area (Å²) in [6, 6.07) is 1.73. The van der Waals surface area contributed by atoms with E-state index < -0.39 is 11.9 Å². The van der Waals surface area contributed by atoms with E-state index in [0.29, 0.717) is 24.9 Å². The molecule has 0 unspecified atom stereocenters. The van der Waals surface area contributed by atoms with E-state index in [1.807, 2.05) is 5.38 Å². The van der Waals surface area contributed by atoms with Crippen molar-refractivity contribution in [1.29, 1.82) is 0 Å². The first-order valence-corrected chi connectivity index (χ1v) is 7.83. The number of hydrogen-bond donors (Lipinski definition) is 2. The van der Waals surface area contributed by atoms with Gasteiger partial charge in [0.1, 0.15) is 0 Å². The Bertz CT molecular complexity index is 515. The molecule has 1 fully saturated rings. The van der Waals surface area contributed by atoms with Crippen LogP contribution in [0, 0.1) is 5.92 Å². The van der Waals surface area contributed by atoms with Gasteiger partial charge in [0.2, 0.25) is 5.91 Å². The van der Waals surface area contributed by atoms with E-state index in [4.69, 9.17) is 5.11 Å². The van der Waals surface area contributed by atoms with Gasteiger partial charge in [-0.3, -0.25) is 14.4 Å². The minimum Gasteiger partial charge on any atom is -0.481 e. The largest absolute Gasteiger partial charge is 0.481 e. The number of carboxylic acids is 1. The number of aliphatic carboxylic acids is 1. The van der Waals surface area contributed by atoms with Crippen molar-refractivity contribution in [2.75, 3.05) is 19.6 Å². The number of thiophene rings is 1. The maximum absolute atomic E-state index is 12.0. The molecule has 0 aliphatic carbocycles. The lowest BCUT2D eigenvalue weighted by atomic mass is 9.98. The summed E-state index contributed by atoms with van der Waals surface area (Å²) < 4.78 is 0. The van der Waals surface area contributed by atoms with Crippen molar-refractivity contribution in [3.8, 4) is 0 Å². The number of piperidine rings is 1. The van der Waals surface area contributed by atoms with Crippen LogP contribution in [-0.4, -0.2) is 47.4 Å². The van der Waals surface area contributed by atoms with Crippen molar-refractivity contribution in [2.45, 2.75) is 19.3 Å². The monoisotopic (exact) mass is 310 g/mol. The molecule has 0 bridgehead atoms. The Labute approximate surface area is 126 Å². The standard InChI is InChI=1S/C14H18N2O4S/c17-12(16-6-1-2-10(8-16)14(19)20)3-5-15-13(18)11-4-7-21-9-11/h4,7,9-10H,1-3,5-6,8H2,(H,15,18)(H,19,20)/t10-/m0/s1. The molecule has 1 atom stereocenters. The molecule has 7 heteroatoms. The zero-order chi connectivity index (χ0) is 15.2. The van der Waals surface area contributed by atoms with Gasteiger partial charge in [-0.2, -0.15) is 11.3 Å². The normalized spacial score (nSPS) is 18.3. The Morgan fingerprint density at radius 1 is 1.43 bits per heavy atom. The molecule has 1 saturated heterocycles. The van der Waals surface area contributed by atoms with Crippen LogP contribution in [0.3, 0.4) is 0 Å². The lowest BCUT2D eigenvalue weighted by molar-refractivity contribution is -0.145. The number of hydrogen-bond acceptors (Lipinski definition) is 4. The van der Waals surface area contributed by atoms with Crippen molar-refractivity contribution in [1.82, 2.24) is 10.2 Å². The molecule has 21 heavy (non-hydrogen) atoms.